The zero-order chi connectivity index (χ0) is 10.7. The molecule has 0 atom stereocenters. The lowest BCUT2D eigenvalue weighted by Gasteiger charge is -1.63. The number of nitrogens with one attached hydrogen (secondary N) is 1. The summed E-state index contributed by atoms with van der Waals surface area (Å²) in [6.45, 7) is 10.4. The zero-order valence-electron chi connectivity index (χ0n) is 8.82. The number of Topliss-reactive ketones (excluding diaryl/α,β-unsaturated/α-hetero) is 1. The number of ketones is 1. The highest BCUT2D eigenvalue weighted by Gasteiger charge is 1.62. The first-order valence-corrected chi connectivity index (χ1v) is 4.07. The predicted octanol–water partition coefficient (Wildman–Crippen LogP) is 3.04. The average Bonchev–Trinajstić information content (AvgIpc) is 1.54. The third-order valence-corrected chi connectivity index (χ3v) is 0. The summed E-state index contributed by atoms with van der Waals surface area (Å²) >= 11 is 4.54. The number of hydrogen-bond acceptors (Lipinski definition) is 3. The van der Waals surface area contributed by atoms with Crippen LogP contribution in [0.5, 0.6) is 0 Å². The predicted molar refractivity (Wildman–Crippen MR) is 59.4 cm³/mol. The van der Waals surface area contributed by atoms with Crippen molar-refractivity contribution in [3.8, 4) is 0 Å². The maximum atomic E-state index is 9.44. The highest BCUT2D eigenvalue weighted by molar-refractivity contribution is 7.80. The summed E-state index contributed by atoms with van der Waals surface area (Å²) in [5, 5.41) is 6.50. The van der Waals surface area contributed by atoms with Crippen LogP contribution in [0.1, 0.15) is 41.5 Å². The van der Waals surface area contributed by atoms with Crippen molar-refractivity contribution in [1.82, 2.24) is 0 Å². The Balaban J connectivity index is -0.000000101. The van der Waals surface area contributed by atoms with Gasteiger partial charge in [-0.1, -0.05) is 12.2 Å². The minimum Gasteiger partial charge on any atom is -0.310 e. The molecule has 0 heterocycles. The van der Waals surface area contributed by atoms with Crippen LogP contribution >= 0.6 is 12.2 Å². The molecule has 0 rings (SSSR count). The van der Waals surface area contributed by atoms with Crippen molar-refractivity contribution >= 4 is 28.6 Å². The van der Waals surface area contributed by atoms with Gasteiger partial charge in [-0.3, -0.25) is 0 Å². The van der Waals surface area contributed by atoms with Crippen LogP contribution < -0.4 is 0 Å². The van der Waals surface area contributed by atoms with Crippen molar-refractivity contribution in [1.29, 1.82) is 5.41 Å². The van der Waals surface area contributed by atoms with Crippen LogP contribution in [-0.2, 0) is 4.79 Å². The molecule has 2 nitrogen and oxygen atoms in total. The van der Waals surface area contributed by atoms with Gasteiger partial charge in [0.05, 0.1) is 0 Å². The van der Waals surface area contributed by atoms with Gasteiger partial charge in [-0.05, 0) is 46.4 Å². The Labute approximate surface area is 80.9 Å². The number of carbonyl (C=O) groups is 1. The molecule has 12 heavy (non-hydrogen) atoms. The van der Waals surface area contributed by atoms with Crippen molar-refractivity contribution in [2.24, 2.45) is 0 Å². The SMILES string of the molecule is CC(C)=N.CC(C)=O.CC(C)=S. The van der Waals surface area contributed by atoms with Crippen LogP contribution in [0.15, 0.2) is 0 Å². The van der Waals surface area contributed by atoms with E-state index in [1.807, 2.05) is 13.8 Å². The summed E-state index contributed by atoms with van der Waals surface area (Å²) in [4.78, 5) is 10.4. The standard InChI is InChI=1S/C3H7N.C3H6O.C3H6S/c3*1-3(2)4/h4H,1-2H3;2*1-2H3. The Morgan fingerprint density at radius 2 is 1.00 bits per heavy atom. The third kappa shape index (κ3) is 2060. The van der Waals surface area contributed by atoms with Crippen LogP contribution in [0.4, 0.5) is 0 Å². The quantitative estimate of drug-likeness (QED) is 0.470. The highest BCUT2D eigenvalue weighted by Crippen LogP contribution is 1.61. The minimum atomic E-state index is 0.167. The molecule has 0 aromatic carbocycles. The van der Waals surface area contributed by atoms with E-state index in [1.165, 1.54) is 13.8 Å². The van der Waals surface area contributed by atoms with Gasteiger partial charge < -0.3 is 10.2 Å². The van der Waals surface area contributed by atoms with E-state index in [-0.39, 0.29) is 5.78 Å². The number of rotatable bonds is 0. The average molecular weight is 189 g/mol. The van der Waals surface area contributed by atoms with Crippen LogP contribution in [0, 0.1) is 5.41 Å². The van der Waals surface area contributed by atoms with E-state index in [4.69, 9.17) is 5.41 Å². The van der Waals surface area contributed by atoms with E-state index in [1.54, 1.807) is 13.8 Å². The number of thiocarbonyl (C=S) groups is 1. The van der Waals surface area contributed by atoms with Gasteiger partial charge >= 0.3 is 0 Å². The van der Waals surface area contributed by atoms with Crippen LogP contribution in [-0.4, -0.2) is 16.4 Å². The van der Waals surface area contributed by atoms with Crippen molar-refractivity contribution in [2.75, 3.05) is 0 Å². The fourth-order valence-corrected chi connectivity index (χ4v) is 0. The van der Waals surface area contributed by atoms with Gasteiger partial charge in [0.15, 0.2) is 0 Å². The number of carbonyl (C=O) groups excluding carboxylic acids is 1. The van der Waals surface area contributed by atoms with Crippen LogP contribution in [0.3, 0.4) is 0 Å². The van der Waals surface area contributed by atoms with E-state index in [2.05, 4.69) is 12.2 Å². The first-order chi connectivity index (χ1) is 5.20. The first kappa shape index (κ1) is 17.5. The molecule has 0 aromatic heterocycles. The first-order valence-electron chi connectivity index (χ1n) is 3.66. The van der Waals surface area contributed by atoms with E-state index >= 15 is 0 Å². The minimum absolute atomic E-state index is 0.167. The third-order valence-electron chi connectivity index (χ3n) is 0. The molecule has 0 aliphatic heterocycles. The molecular weight excluding hydrogens is 170 g/mol. The fourth-order valence-electron chi connectivity index (χ4n) is 0. The summed E-state index contributed by atoms with van der Waals surface area (Å²) in [7, 11) is 0. The fraction of sp³-hybridized carbons (Fsp3) is 0.667. The molecule has 0 aliphatic carbocycles. The van der Waals surface area contributed by atoms with Crippen LogP contribution in [0.2, 0.25) is 0 Å². The molecule has 72 valence electrons. The van der Waals surface area contributed by atoms with Crippen molar-refractivity contribution < 1.29 is 4.79 Å². The van der Waals surface area contributed by atoms with E-state index in [0.717, 1.165) is 4.86 Å². The lowest BCUT2D eigenvalue weighted by atomic mass is 10.5. The second-order valence-corrected chi connectivity index (χ2v) is 3.63. The summed E-state index contributed by atoms with van der Waals surface area (Å²) in [6.07, 6.45) is 0. The summed E-state index contributed by atoms with van der Waals surface area (Å²) < 4.78 is 0. The second kappa shape index (κ2) is 13.1. The molecule has 3 heteroatoms. The normalized spacial score (nSPS) is 6.50. The van der Waals surface area contributed by atoms with Gasteiger partial charge in [-0.25, -0.2) is 0 Å². The molecule has 0 spiro atoms. The molecule has 0 radical (unpaired) electrons. The Bertz CT molecular complexity index is 112. The summed E-state index contributed by atoms with van der Waals surface area (Å²) in [5.74, 6) is 0.167. The highest BCUT2D eigenvalue weighted by atomic mass is 32.1. The largest absolute Gasteiger partial charge is 0.310 e. The summed E-state index contributed by atoms with van der Waals surface area (Å²) in [5.41, 5.74) is 0.667. The zero-order valence-corrected chi connectivity index (χ0v) is 9.63. The van der Waals surface area contributed by atoms with E-state index in [0.29, 0.717) is 5.71 Å². The molecule has 0 unspecified atom stereocenters. The van der Waals surface area contributed by atoms with Crippen molar-refractivity contribution in [2.45, 2.75) is 41.5 Å². The molecule has 1 N–H and O–H groups in total. The molecule has 0 amide bonds. The molecule has 0 saturated carbocycles. The van der Waals surface area contributed by atoms with Gasteiger partial charge in [-0.15, -0.1) is 0 Å². The Hall–Kier alpha value is -0.570. The molecule has 0 bridgehead atoms. The van der Waals surface area contributed by atoms with E-state index < -0.39 is 0 Å². The summed E-state index contributed by atoms with van der Waals surface area (Å²) in [6, 6.07) is 0. The van der Waals surface area contributed by atoms with Gasteiger partial charge in [0.2, 0.25) is 0 Å². The molecule has 0 aromatic rings. The van der Waals surface area contributed by atoms with Crippen molar-refractivity contribution in [3.63, 3.8) is 0 Å². The second-order valence-electron chi connectivity index (χ2n) is 2.82. The van der Waals surface area contributed by atoms with Gasteiger partial charge in [-0.2, -0.15) is 0 Å². The maximum Gasteiger partial charge on any atom is 0.126 e. The van der Waals surface area contributed by atoms with E-state index in [9.17, 15) is 4.79 Å². The van der Waals surface area contributed by atoms with Crippen molar-refractivity contribution in [3.05, 3.63) is 0 Å². The smallest absolute Gasteiger partial charge is 0.126 e. The topological polar surface area (TPSA) is 40.9 Å². The number of hydrogen-bond donors (Lipinski definition) is 1. The molecule has 0 aliphatic rings. The Kier molecular flexibility index (Phi) is 19.0. The Morgan fingerprint density at radius 3 is 1.00 bits per heavy atom. The van der Waals surface area contributed by atoms with Gasteiger partial charge in [0.25, 0.3) is 0 Å². The van der Waals surface area contributed by atoms with Gasteiger partial charge in [0, 0.05) is 5.71 Å². The maximum absolute atomic E-state index is 9.44. The monoisotopic (exact) mass is 189 g/mol. The molecule has 0 saturated heterocycles. The Morgan fingerprint density at radius 1 is 1.00 bits per heavy atom. The van der Waals surface area contributed by atoms with Crippen LogP contribution in [0.25, 0.3) is 0 Å². The lowest BCUT2D eigenvalue weighted by molar-refractivity contribution is -0.114. The lowest BCUT2D eigenvalue weighted by Crippen LogP contribution is -1.69. The van der Waals surface area contributed by atoms with Gasteiger partial charge in [0.1, 0.15) is 5.78 Å². The molecular formula is C9H19NOS. The molecule has 0 fully saturated rings.